The van der Waals surface area contributed by atoms with Crippen LogP contribution in [0.4, 0.5) is 26.3 Å². The SMILES string of the molecule is COc1cc(/C=N/N(CC(F)(F)F)C(=O)C(OC)c2ccc(-n3cccn3)cc2)cc(OC)c1Br.COc1cc(C=NCC(=O)C(OC)c2ccc(-n3cccn3)cc2)cc(OC)c1Br.FC(F)(F)CCI. The van der Waals surface area contributed by atoms with Gasteiger partial charge in [-0.25, -0.2) is 14.4 Å². The van der Waals surface area contributed by atoms with E-state index in [2.05, 4.69) is 52.2 Å². The van der Waals surface area contributed by atoms with Gasteiger partial charge in [0.2, 0.25) is 0 Å². The standard InChI is InChI=1S/C23H22BrF3N4O4.C22H22BrN3O4.C3H4F3I/c1-33-18-11-15(12-19(34-2)20(18)24)13-29-31(14-23(25,26)27)22(32)21(35-3)16-5-7-17(8-6-16)30-10-4-9-28-30;1-28-19-11-15(12-20(29-2)21(19)23)13-24-14-18(27)22(30-3)16-5-7-17(8-6-16)26-10-4-9-25-26;4-3(5,6)1-2-7/h4-13,21H,14H2,1-3H3;4-13,22H,14H2,1-3H3;1-2H2/b29-13+;;. The quantitative estimate of drug-likeness (QED) is 0.0252. The number of alkyl halides is 7. The third-order valence-corrected chi connectivity index (χ3v) is 11.8. The van der Waals surface area contributed by atoms with Crippen molar-refractivity contribution in [3.8, 4) is 34.4 Å². The van der Waals surface area contributed by atoms with Crippen LogP contribution in [0.15, 0.2) is 129 Å². The Morgan fingerprint density at radius 1 is 0.667 bits per heavy atom. The van der Waals surface area contributed by atoms with Crippen molar-refractivity contribution in [3.63, 3.8) is 0 Å². The lowest BCUT2D eigenvalue weighted by Crippen LogP contribution is -2.38. The Kier molecular flexibility index (Phi) is 23.2. The van der Waals surface area contributed by atoms with Crippen molar-refractivity contribution in [2.75, 3.05) is 60.2 Å². The lowest BCUT2D eigenvalue weighted by Gasteiger charge is -2.24. The normalized spacial score (nSPS) is 12.3. The molecule has 1 amide bonds. The third kappa shape index (κ3) is 17.7. The molecular formula is C48H48Br2F6IN7O8. The molecule has 2 unspecified atom stereocenters. The molecule has 0 N–H and O–H groups in total. The summed E-state index contributed by atoms with van der Waals surface area (Å²) in [6, 6.07) is 24.3. The molecule has 4 aromatic carbocycles. The summed E-state index contributed by atoms with van der Waals surface area (Å²) in [5.41, 5.74) is 3.87. The van der Waals surface area contributed by atoms with Crippen molar-refractivity contribution in [1.29, 1.82) is 0 Å². The fourth-order valence-corrected chi connectivity index (χ4v) is 7.97. The molecule has 0 aliphatic carbocycles. The zero-order valence-corrected chi connectivity index (χ0v) is 44.7. The maximum absolute atomic E-state index is 13.3. The van der Waals surface area contributed by atoms with Gasteiger partial charge in [0.25, 0.3) is 5.91 Å². The molecule has 15 nitrogen and oxygen atoms in total. The number of hydrazone groups is 1. The highest BCUT2D eigenvalue weighted by Gasteiger charge is 2.36. The van der Waals surface area contributed by atoms with Crippen molar-refractivity contribution in [2.45, 2.75) is 31.0 Å². The number of hydrogen-bond donors (Lipinski definition) is 0. The first-order chi connectivity index (χ1) is 34.3. The smallest absolute Gasteiger partial charge is 0.408 e. The fraction of sp³-hybridized carbons (Fsp3) is 0.292. The number of methoxy groups -OCH3 is 6. The molecule has 0 saturated heterocycles. The largest absolute Gasteiger partial charge is 0.495 e. The van der Waals surface area contributed by atoms with Gasteiger partial charge in [-0.3, -0.25) is 14.6 Å². The fourth-order valence-electron chi connectivity index (χ4n) is 6.26. The molecule has 0 aliphatic rings. The van der Waals surface area contributed by atoms with Gasteiger partial charge in [0.1, 0.15) is 51.1 Å². The van der Waals surface area contributed by atoms with Gasteiger partial charge in [-0.15, -0.1) is 0 Å². The van der Waals surface area contributed by atoms with Gasteiger partial charge in [-0.05, 0) is 109 Å². The van der Waals surface area contributed by atoms with Crippen LogP contribution in [0.5, 0.6) is 23.0 Å². The van der Waals surface area contributed by atoms with Crippen LogP contribution >= 0.6 is 54.5 Å². The molecule has 2 heterocycles. The van der Waals surface area contributed by atoms with Crippen LogP contribution in [-0.4, -0.2) is 121 Å². The summed E-state index contributed by atoms with van der Waals surface area (Å²) < 4.78 is 110. The average molecular weight is 1250 g/mol. The molecule has 2 aromatic heterocycles. The number of ether oxygens (including phenoxy) is 6. The number of ketones is 1. The predicted octanol–water partition coefficient (Wildman–Crippen LogP) is 11.2. The second-order valence-corrected chi connectivity index (χ2v) is 17.2. The van der Waals surface area contributed by atoms with E-state index in [4.69, 9.17) is 28.4 Å². The van der Waals surface area contributed by atoms with Gasteiger partial charge >= 0.3 is 12.4 Å². The van der Waals surface area contributed by atoms with Crippen LogP contribution in [0.25, 0.3) is 11.4 Å². The molecule has 6 aromatic rings. The van der Waals surface area contributed by atoms with E-state index in [9.17, 15) is 35.9 Å². The van der Waals surface area contributed by atoms with Crippen molar-refractivity contribution in [1.82, 2.24) is 24.6 Å². The molecule has 0 radical (unpaired) electrons. The minimum atomic E-state index is -4.69. The highest BCUT2D eigenvalue weighted by molar-refractivity contribution is 14.1. The molecule has 24 heteroatoms. The van der Waals surface area contributed by atoms with Gasteiger partial charge in [-0.2, -0.15) is 41.6 Å². The number of carbonyl (C=O) groups excluding carboxylic acids is 2. The maximum Gasteiger partial charge on any atom is 0.408 e. The van der Waals surface area contributed by atoms with Crippen LogP contribution in [-0.2, 0) is 19.1 Å². The van der Waals surface area contributed by atoms with E-state index in [0.29, 0.717) is 49.3 Å². The van der Waals surface area contributed by atoms with E-state index < -0.39 is 43.4 Å². The van der Waals surface area contributed by atoms with Gasteiger partial charge in [0, 0.05) is 55.2 Å². The van der Waals surface area contributed by atoms with Crippen LogP contribution < -0.4 is 18.9 Å². The predicted molar refractivity (Wildman–Crippen MR) is 274 cm³/mol. The number of hydrogen-bond acceptors (Lipinski definition) is 12. The summed E-state index contributed by atoms with van der Waals surface area (Å²) in [4.78, 5) is 30.0. The first-order valence-electron chi connectivity index (χ1n) is 21.0. The molecule has 72 heavy (non-hydrogen) atoms. The molecule has 0 bridgehead atoms. The van der Waals surface area contributed by atoms with E-state index in [-0.39, 0.29) is 16.8 Å². The van der Waals surface area contributed by atoms with Crippen molar-refractivity contribution < 1.29 is 64.4 Å². The van der Waals surface area contributed by atoms with Crippen molar-refractivity contribution in [2.24, 2.45) is 10.1 Å². The summed E-state index contributed by atoms with van der Waals surface area (Å²) in [5.74, 6) is 0.877. The zero-order chi connectivity index (χ0) is 53.0. The van der Waals surface area contributed by atoms with Crippen LogP contribution in [0.3, 0.4) is 0 Å². The number of aromatic nitrogens is 4. The molecule has 6 rings (SSSR count). The Morgan fingerprint density at radius 2 is 1.08 bits per heavy atom. The summed E-state index contributed by atoms with van der Waals surface area (Å²) >= 11 is 8.44. The molecular weight excluding hydrogens is 1200 g/mol. The molecule has 0 saturated carbocycles. The summed E-state index contributed by atoms with van der Waals surface area (Å²) in [5, 5.41) is 12.5. The molecule has 0 fully saturated rings. The van der Waals surface area contributed by atoms with E-state index >= 15 is 0 Å². The van der Waals surface area contributed by atoms with E-state index in [0.717, 1.165) is 27.5 Å². The average Bonchev–Trinajstić information content (AvgIpc) is 4.11. The van der Waals surface area contributed by atoms with E-state index in [1.54, 1.807) is 101 Å². The first-order valence-corrected chi connectivity index (χ1v) is 24.1. The van der Waals surface area contributed by atoms with Crippen molar-refractivity contribution >= 4 is 78.6 Å². The van der Waals surface area contributed by atoms with E-state index in [1.165, 1.54) is 40.6 Å². The highest BCUT2D eigenvalue weighted by atomic mass is 127. The summed E-state index contributed by atoms with van der Waals surface area (Å²) in [7, 11) is 8.76. The number of carbonyl (C=O) groups is 2. The third-order valence-electron chi connectivity index (χ3n) is 9.65. The Bertz CT molecular complexity index is 2650. The van der Waals surface area contributed by atoms with E-state index in [1.807, 2.05) is 48.7 Å². The Labute approximate surface area is 441 Å². The van der Waals surface area contributed by atoms with Crippen molar-refractivity contribution in [3.05, 3.63) is 141 Å². The lowest BCUT2D eigenvalue weighted by molar-refractivity contribution is -0.167. The number of halogens is 9. The zero-order valence-electron chi connectivity index (χ0n) is 39.3. The first kappa shape index (κ1) is 58.7. The minimum absolute atomic E-state index is 0.0138. The molecule has 386 valence electrons. The Morgan fingerprint density at radius 3 is 1.42 bits per heavy atom. The number of Topliss-reactive ketones (excluding diaryl/α,β-unsaturated/α-hetero) is 1. The number of benzene rings is 4. The number of nitrogens with zero attached hydrogens (tertiary/aromatic N) is 7. The number of aliphatic imine (C=N–C) groups is 1. The van der Waals surface area contributed by atoms with Gasteiger partial charge in [0.05, 0.1) is 52.4 Å². The minimum Gasteiger partial charge on any atom is -0.495 e. The molecule has 0 aliphatic heterocycles. The van der Waals surface area contributed by atoms with Gasteiger partial charge < -0.3 is 28.4 Å². The Balaban J connectivity index is 0.000000278. The molecule has 0 spiro atoms. The van der Waals surface area contributed by atoms with Crippen LogP contribution in [0, 0.1) is 0 Å². The number of amides is 1. The molecule has 2 atom stereocenters. The second-order valence-electron chi connectivity index (χ2n) is 14.5. The monoisotopic (exact) mass is 1250 g/mol. The second kappa shape index (κ2) is 28.4. The Hall–Kier alpha value is -5.83. The topological polar surface area (TPSA) is 153 Å². The maximum atomic E-state index is 13.3. The highest BCUT2D eigenvalue weighted by Crippen LogP contribution is 2.36. The summed E-state index contributed by atoms with van der Waals surface area (Å²) in [6.45, 7) is -1.61. The van der Waals surface area contributed by atoms with Gasteiger partial charge in [-0.1, -0.05) is 46.9 Å². The lowest BCUT2D eigenvalue weighted by atomic mass is 10.0. The summed E-state index contributed by atoms with van der Waals surface area (Å²) in [6.07, 6.45) is -1.67. The van der Waals surface area contributed by atoms with Gasteiger partial charge in [0.15, 0.2) is 11.9 Å². The van der Waals surface area contributed by atoms with Crippen LogP contribution in [0.2, 0.25) is 0 Å². The number of rotatable bonds is 19. The van der Waals surface area contributed by atoms with Crippen LogP contribution in [0.1, 0.15) is 40.9 Å².